The van der Waals surface area contributed by atoms with Crippen molar-refractivity contribution in [2.75, 3.05) is 14.2 Å². The van der Waals surface area contributed by atoms with Gasteiger partial charge in [-0.2, -0.15) is 5.10 Å². The third kappa shape index (κ3) is 8.03. The van der Waals surface area contributed by atoms with E-state index in [1.807, 2.05) is 0 Å². The summed E-state index contributed by atoms with van der Waals surface area (Å²) in [6.45, 7) is 3.45. The van der Waals surface area contributed by atoms with Crippen LogP contribution in [-0.4, -0.2) is 43.9 Å². The van der Waals surface area contributed by atoms with Gasteiger partial charge in [0, 0.05) is 5.56 Å². The van der Waals surface area contributed by atoms with Crippen molar-refractivity contribution in [2.45, 2.75) is 39.2 Å². The second-order valence-electron chi connectivity index (χ2n) is 5.98. The Morgan fingerprint density at radius 2 is 1.75 bits per heavy atom. The number of carbonyl (C=O) groups is 3. The molecule has 0 heterocycles. The second kappa shape index (κ2) is 12.3. The summed E-state index contributed by atoms with van der Waals surface area (Å²) in [7, 11) is 2.63. The van der Waals surface area contributed by atoms with E-state index in [9.17, 15) is 14.4 Å². The van der Waals surface area contributed by atoms with E-state index in [0.717, 1.165) is 0 Å². The zero-order valence-electron chi connectivity index (χ0n) is 16.6. The van der Waals surface area contributed by atoms with Gasteiger partial charge in [-0.1, -0.05) is 18.2 Å². The van der Waals surface area contributed by atoms with E-state index in [2.05, 4.69) is 15.3 Å². The Hall–Kier alpha value is -3.16. The Bertz CT molecular complexity index is 725. The number of amides is 1. The maximum atomic E-state index is 12.2. The van der Waals surface area contributed by atoms with Crippen LogP contribution in [0.3, 0.4) is 0 Å². The lowest BCUT2D eigenvalue weighted by molar-refractivity contribution is -0.140. The first kappa shape index (κ1) is 22.9. The van der Waals surface area contributed by atoms with Gasteiger partial charge in [-0.05, 0) is 51.3 Å². The summed E-state index contributed by atoms with van der Waals surface area (Å²) < 4.78 is 14.7. The van der Waals surface area contributed by atoms with Crippen LogP contribution in [0.5, 0.6) is 0 Å². The van der Waals surface area contributed by atoms with Crippen molar-refractivity contribution in [1.82, 2.24) is 5.43 Å². The number of nitrogens with one attached hydrogen (secondary N) is 1. The molecule has 0 aliphatic rings. The number of nitrogens with zero attached hydrogens (tertiary/aromatic N) is 1. The number of ether oxygens (including phenoxy) is 3. The van der Waals surface area contributed by atoms with Crippen LogP contribution < -0.4 is 5.43 Å². The van der Waals surface area contributed by atoms with Gasteiger partial charge in [0.1, 0.15) is 5.71 Å². The predicted octanol–water partition coefficient (Wildman–Crippen LogP) is 2.60. The van der Waals surface area contributed by atoms with Gasteiger partial charge in [0.25, 0.3) is 5.91 Å². The van der Waals surface area contributed by atoms with Crippen molar-refractivity contribution in [3.8, 4) is 0 Å². The van der Waals surface area contributed by atoms with E-state index < -0.39 is 17.8 Å². The first-order chi connectivity index (χ1) is 13.4. The van der Waals surface area contributed by atoms with Crippen LogP contribution >= 0.6 is 0 Å². The normalized spacial score (nSPS) is 11.8. The quantitative estimate of drug-likeness (QED) is 0.164. The van der Waals surface area contributed by atoms with Crippen LogP contribution in [-0.2, 0) is 23.8 Å². The fourth-order valence-corrected chi connectivity index (χ4v) is 2.11. The Morgan fingerprint density at radius 3 is 2.32 bits per heavy atom. The average Bonchev–Trinajstić information content (AvgIpc) is 2.69. The van der Waals surface area contributed by atoms with Gasteiger partial charge < -0.3 is 14.2 Å². The number of allylic oxidation sites excluding steroid dienone is 1. The van der Waals surface area contributed by atoms with Crippen molar-refractivity contribution in [1.29, 1.82) is 0 Å². The molecule has 0 spiro atoms. The lowest BCUT2D eigenvalue weighted by Gasteiger charge is -2.10. The molecule has 0 bridgehead atoms. The number of benzene rings is 1. The highest BCUT2D eigenvalue weighted by molar-refractivity contribution is 6.36. The Balaban J connectivity index is 2.77. The standard InChI is InChI=1S/C20H26N2O6/c1-14(2)28-19(24)16(12-8-9-13-17(26-3)20(25)27-4)21-22-18(23)15-10-6-5-7-11-15/h5-7,10-11,13-14H,8-9,12H2,1-4H3,(H,22,23)/b17-13-,21-16-. The second-order valence-corrected chi connectivity index (χ2v) is 5.98. The van der Waals surface area contributed by atoms with Crippen molar-refractivity contribution in [3.63, 3.8) is 0 Å². The molecule has 0 saturated carbocycles. The molecule has 28 heavy (non-hydrogen) atoms. The SMILES string of the molecule is COC(=O)/C(=C/CCC/C(=N/NC(=O)c1ccccc1)C(=O)OC(C)C)OC. The van der Waals surface area contributed by atoms with Crippen LogP contribution in [0.15, 0.2) is 47.3 Å². The highest BCUT2D eigenvalue weighted by Crippen LogP contribution is 2.07. The van der Waals surface area contributed by atoms with E-state index in [-0.39, 0.29) is 24.0 Å². The van der Waals surface area contributed by atoms with Gasteiger partial charge in [0.15, 0.2) is 5.76 Å². The van der Waals surface area contributed by atoms with E-state index in [0.29, 0.717) is 18.4 Å². The first-order valence-corrected chi connectivity index (χ1v) is 8.84. The van der Waals surface area contributed by atoms with Crippen LogP contribution in [0.4, 0.5) is 0 Å². The van der Waals surface area contributed by atoms with E-state index in [4.69, 9.17) is 9.47 Å². The lowest BCUT2D eigenvalue weighted by Crippen LogP contribution is -2.26. The summed E-state index contributed by atoms with van der Waals surface area (Å²) in [6, 6.07) is 8.53. The van der Waals surface area contributed by atoms with Crippen molar-refractivity contribution in [2.24, 2.45) is 5.10 Å². The molecule has 0 aliphatic carbocycles. The average molecular weight is 390 g/mol. The fraction of sp³-hybridized carbons (Fsp3) is 0.400. The molecule has 152 valence electrons. The van der Waals surface area contributed by atoms with E-state index in [1.165, 1.54) is 14.2 Å². The molecule has 0 atom stereocenters. The molecule has 0 unspecified atom stereocenters. The minimum absolute atomic E-state index is 0.0862. The summed E-state index contributed by atoms with van der Waals surface area (Å²) >= 11 is 0. The zero-order valence-corrected chi connectivity index (χ0v) is 16.6. The first-order valence-electron chi connectivity index (χ1n) is 8.84. The minimum Gasteiger partial charge on any atom is -0.490 e. The summed E-state index contributed by atoms with van der Waals surface area (Å²) in [5, 5.41) is 3.94. The monoisotopic (exact) mass is 390 g/mol. The molecular formula is C20H26N2O6. The highest BCUT2D eigenvalue weighted by Gasteiger charge is 2.16. The largest absolute Gasteiger partial charge is 0.490 e. The molecule has 0 aliphatic heterocycles. The van der Waals surface area contributed by atoms with Crippen molar-refractivity contribution < 1.29 is 28.6 Å². The minimum atomic E-state index is -0.604. The topological polar surface area (TPSA) is 103 Å². The van der Waals surface area contributed by atoms with Gasteiger partial charge in [-0.25, -0.2) is 15.0 Å². The van der Waals surface area contributed by atoms with Crippen LogP contribution in [0.2, 0.25) is 0 Å². The highest BCUT2D eigenvalue weighted by atomic mass is 16.6. The molecule has 0 radical (unpaired) electrons. The zero-order chi connectivity index (χ0) is 20.9. The van der Waals surface area contributed by atoms with Crippen LogP contribution in [0.1, 0.15) is 43.5 Å². The molecule has 1 N–H and O–H groups in total. The lowest BCUT2D eigenvalue weighted by atomic mass is 10.1. The van der Waals surface area contributed by atoms with Gasteiger partial charge in [-0.15, -0.1) is 0 Å². The number of carbonyl (C=O) groups excluding carboxylic acids is 3. The van der Waals surface area contributed by atoms with Gasteiger partial charge in [0.05, 0.1) is 20.3 Å². The predicted molar refractivity (Wildman–Crippen MR) is 104 cm³/mol. The smallest absolute Gasteiger partial charge is 0.372 e. The van der Waals surface area contributed by atoms with Crippen LogP contribution in [0.25, 0.3) is 0 Å². The molecule has 0 fully saturated rings. The van der Waals surface area contributed by atoms with E-state index >= 15 is 0 Å². The molecule has 1 amide bonds. The number of hydrogen-bond acceptors (Lipinski definition) is 7. The Labute approximate surface area is 164 Å². The maximum Gasteiger partial charge on any atom is 0.372 e. The summed E-state index contributed by atoms with van der Waals surface area (Å²) in [5.74, 6) is -1.52. The number of methoxy groups -OCH3 is 2. The molecule has 1 aromatic rings. The van der Waals surface area contributed by atoms with Gasteiger partial charge >= 0.3 is 11.9 Å². The summed E-state index contributed by atoms with van der Waals surface area (Å²) in [6.07, 6.45) is 2.42. The fourth-order valence-electron chi connectivity index (χ4n) is 2.11. The summed E-state index contributed by atoms with van der Waals surface area (Å²) in [4.78, 5) is 35.8. The number of hydrazone groups is 1. The Kier molecular flexibility index (Phi) is 10.0. The molecule has 0 saturated heterocycles. The van der Waals surface area contributed by atoms with Gasteiger partial charge in [0.2, 0.25) is 0 Å². The van der Waals surface area contributed by atoms with Crippen molar-refractivity contribution in [3.05, 3.63) is 47.7 Å². The molecule has 0 aromatic heterocycles. The third-order valence-corrected chi connectivity index (χ3v) is 3.46. The molecule has 8 nitrogen and oxygen atoms in total. The number of hydrogen-bond donors (Lipinski definition) is 1. The molecule has 1 rings (SSSR count). The van der Waals surface area contributed by atoms with Crippen LogP contribution in [0, 0.1) is 0 Å². The molecule has 1 aromatic carbocycles. The Morgan fingerprint density at radius 1 is 1.07 bits per heavy atom. The summed E-state index contributed by atoms with van der Waals surface area (Å²) in [5.41, 5.74) is 2.89. The van der Waals surface area contributed by atoms with E-state index in [1.54, 1.807) is 50.3 Å². The third-order valence-electron chi connectivity index (χ3n) is 3.46. The number of unbranched alkanes of at least 4 members (excludes halogenated alkanes) is 1. The van der Waals surface area contributed by atoms with Crippen molar-refractivity contribution >= 4 is 23.6 Å². The maximum absolute atomic E-state index is 12.2. The number of rotatable bonds is 10. The molecule has 8 heteroatoms. The van der Waals surface area contributed by atoms with Gasteiger partial charge in [-0.3, -0.25) is 4.79 Å². The molecular weight excluding hydrogens is 364 g/mol. The number of esters is 2.